The summed E-state index contributed by atoms with van der Waals surface area (Å²) in [5.74, 6) is -0.186. The van der Waals surface area contributed by atoms with Crippen molar-refractivity contribution >= 4 is 11.9 Å². The second-order valence-corrected chi connectivity index (χ2v) is 3.80. The van der Waals surface area contributed by atoms with Gasteiger partial charge < -0.3 is 4.90 Å². The zero-order valence-electron chi connectivity index (χ0n) is 8.19. The first-order chi connectivity index (χ1) is 6.70. The van der Waals surface area contributed by atoms with Gasteiger partial charge in [-0.1, -0.05) is 12.2 Å². The Bertz CT molecular complexity index is 298. The number of carbonyl (C=O) groups excluding carboxylic acids is 2. The summed E-state index contributed by atoms with van der Waals surface area (Å²) in [6, 6.07) is -0.473. The zero-order chi connectivity index (χ0) is 10.1. The Morgan fingerprint density at radius 1 is 1.50 bits per heavy atom. The van der Waals surface area contributed by atoms with Gasteiger partial charge in [0.15, 0.2) is 0 Å². The summed E-state index contributed by atoms with van der Waals surface area (Å²) in [4.78, 5) is 24.3. The molecule has 1 heterocycles. The summed E-state index contributed by atoms with van der Waals surface area (Å²) >= 11 is 0. The fourth-order valence-corrected chi connectivity index (χ4v) is 2.04. The molecule has 4 heteroatoms. The van der Waals surface area contributed by atoms with Crippen LogP contribution in [-0.2, 0) is 4.79 Å². The number of carbonyl (C=O) groups is 2. The molecule has 0 radical (unpaired) electrons. The van der Waals surface area contributed by atoms with Gasteiger partial charge in [0.2, 0.25) is 0 Å². The Kier molecular flexibility index (Phi) is 2.27. The van der Waals surface area contributed by atoms with Crippen molar-refractivity contribution in [3.8, 4) is 0 Å². The van der Waals surface area contributed by atoms with Gasteiger partial charge in [0, 0.05) is 0 Å². The van der Waals surface area contributed by atoms with Crippen LogP contribution in [0.3, 0.4) is 0 Å². The molecule has 2 atom stereocenters. The van der Waals surface area contributed by atoms with Crippen LogP contribution < -0.4 is 5.32 Å². The molecule has 3 amide bonds. The first-order valence-corrected chi connectivity index (χ1v) is 5.00. The number of nitrogens with one attached hydrogen (secondary N) is 1. The third-order valence-corrected chi connectivity index (χ3v) is 2.85. The van der Waals surface area contributed by atoms with Crippen LogP contribution in [0.25, 0.3) is 0 Å². The highest BCUT2D eigenvalue weighted by molar-refractivity contribution is 6.04. The Morgan fingerprint density at radius 3 is 2.79 bits per heavy atom. The molecule has 0 spiro atoms. The van der Waals surface area contributed by atoms with E-state index in [-0.39, 0.29) is 24.0 Å². The van der Waals surface area contributed by atoms with Gasteiger partial charge in [0.1, 0.15) is 6.04 Å². The lowest BCUT2D eigenvalue weighted by molar-refractivity contribution is -0.121. The molecule has 0 saturated carbocycles. The van der Waals surface area contributed by atoms with Crippen molar-refractivity contribution in [2.24, 2.45) is 0 Å². The third kappa shape index (κ3) is 1.41. The van der Waals surface area contributed by atoms with Gasteiger partial charge in [0.05, 0.1) is 6.04 Å². The minimum Gasteiger partial charge on any atom is -0.306 e. The molecule has 1 aliphatic heterocycles. The lowest BCUT2D eigenvalue weighted by Crippen LogP contribution is -2.41. The van der Waals surface area contributed by atoms with E-state index in [9.17, 15) is 9.59 Å². The highest BCUT2D eigenvalue weighted by Crippen LogP contribution is 2.21. The Labute approximate surface area is 83.0 Å². The van der Waals surface area contributed by atoms with Crippen molar-refractivity contribution in [1.82, 2.24) is 10.2 Å². The van der Waals surface area contributed by atoms with E-state index < -0.39 is 0 Å². The van der Waals surface area contributed by atoms with Crippen LogP contribution in [0, 0.1) is 0 Å². The summed E-state index contributed by atoms with van der Waals surface area (Å²) in [6.07, 6.45) is 7.23. The summed E-state index contributed by atoms with van der Waals surface area (Å²) in [7, 11) is 0. The Morgan fingerprint density at radius 2 is 2.29 bits per heavy atom. The lowest BCUT2D eigenvalue weighted by Gasteiger charge is -2.28. The molecule has 2 unspecified atom stereocenters. The van der Waals surface area contributed by atoms with Crippen molar-refractivity contribution < 1.29 is 9.59 Å². The number of hydrogen-bond donors (Lipinski definition) is 1. The molecule has 1 aliphatic carbocycles. The maximum absolute atomic E-state index is 11.5. The molecule has 1 N–H and O–H groups in total. The predicted molar refractivity (Wildman–Crippen MR) is 51.6 cm³/mol. The van der Waals surface area contributed by atoms with Crippen molar-refractivity contribution in [3.05, 3.63) is 12.2 Å². The Balaban J connectivity index is 2.16. The van der Waals surface area contributed by atoms with Crippen LogP contribution in [0.2, 0.25) is 0 Å². The van der Waals surface area contributed by atoms with Gasteiger partial charge in [-0.3, -0.25) is 10.1 Å². The van der Waals surface area contributed by atoms with E-state index >= 15 is 0 Å². The summed E-state index contributed by atoms with van der Waals surface area (Å²) in [5.41, 5.74) is 0. The number of nitrogens with zero attached hydrogens (tertiary/aromatic N) is 1. The standard InChI is InChI=1S/C10H14N2O2/c1-7-9(13)11-10(14)12(7)8-5-3-2-4-6-8/h3,5,7-8H,2,4,6H2,1H3,(H,11,13,14). The van der Waals surface area contributed by atoms with E-state index in [4.69, 9.17) is 0 Å². The van der Waals surface area contributed by atoms with E-state index in [1.807, 2.05) is 6.08 Å². The van der Waals surface area contributed by atoms with Gasteiger partial charge in [0.25, 0.3) is 5.91 Å². The molecule has 1 saturated heterocycles. The zero-order valence-corrected chi connectivity index (χ0v) is 8.19. The summed E-state index contributed by atoms with van der Waals surface area (Å²) in [6.45, 7) is 1.77. The Hall–Kier alpha value is -1.32. The van der Waals surface area contributed by atoms with Crippen molar-refractivity contribution in [2.45, 2.75) is 38.3 Å². The second-order valence-electron chi connectivity index (χ2n) is 3.80. The summed E-state index contributed by atoms with van der Waals surface area (Å²) < 4.78 is 0. The molecule has 0 aromatic heterocycles. The van der Waals surface area contributed by atoms with Crippen molar-refractivity contribution in [3.63, 3.8) is 0 Å². The molecular formula is C10H14N2O2. The van der Waals surface area contributed by atoms with E-state index in [1.54, 1.807) is 11.8 Å². The van der Waals surface area contributed by atoms with E-state index in [0.29, 0.717) is 0 Å². The molecule has 0 aromatic rings. The molecule has 76 valence electrons. The first kappa shape index (κ1) is 9.24. The molecule has 4 nitrogen and oxygen atoms in total. The SMILES string of the molecule is CC1C(=O)NC(=O)N1C1C=CCCC1. The second kappa shape index (κ2) is 3.44. The molecule has 2 aliphatic rings. The summed E-state index contributed by atoms with van der Waals surface area (Å²) in [5, 5.41) is 2.33. The number of amides is 3. The highest BCUT2D eigenvalue weighted by Gasteiger charge is 2.38. The van der Waals surface area contributed by atoms with Crippen LogP contribution in [0.1, 0.15) is 26.2 Å². The highest BCUT2D eigenvalue weighted by atomic mass is 16.2. The van der Waals surface area contributed by atoms with Gasteiger partial charge >= 0.3 is 6.03 Å². The van der Waals surface area contributed by atoms with E-state index in [2.05, 4.69) is 11.4 Å². The van der Waals surface area contributed by atoms with Crippen molar-refractivity contribution in [1.29, 1.82) is 0 Å². The molecule has 1 fully saturated rings. The third-order valence-electron chi connectivity index (χ3n) is 2.85. The fraction of sp³-hybridized carbons (Fsp3) is 0.600. The van der Waals surface area contributed by atoms with Crippen LogP contribution in [0.15, 0.2) is 12.2 Å². The largest absolute Gasteiger partial charge is 0.325 e. The number of rotatable bonds is 1. The molecule has 2 rings (SSSR count). The van der Waals surface area contributed by atoms with E-state index in [1.165, 1.54) is 0 Å². The van der Waals surface area contributed by atoms with Crippen LogP contribution in [-0.4, -0.2) is 28.9 Å². The lowest BCUT2D eigenvalue weighted by atomic mass is 10.0. The van der Waals surface area contributed by atoms with Crippen LogP contribution in [0.4, 0.5) is 4.79 Å². The van der Waals surface area contributed by atoms with Crippen LogP contribution >= 0.6 is 0 Å². The normalized spacial score (nSPS) is 32.2. The maximum atomic E-state index is 11.5. The molecule has 0 bridgehead atoms. The van der Waals surface area contributed by atoms with Crippen LogP contribution in [0.5, 0.6) is 0 Å². The van der Waals surface area contributed by atoms with Gasteiger partial charge in [-0.25, -0.2) is 4.79 Å². The quantitative estimate of drug-likeness (QED) is 0.500. The average molecular weight is 194 g/mol. The minimum atomic E-state index is -0.324. The molecular weight excluding hydrogens is 180 g/mol. The van der Waals surface area contributed by atoms with Gasteiger partial charge in [-0.15, -0.1) is 0 Å². The maximum Gasteiger partial charge on any atom is 0.325 e. The van der Waals surface area contributed by atoms with Gasteiger partial charge in [-0.2, -0.15) is 0 Å². The fourth-order valence-electron chi connectivity index (χ4n) is 2.04. The van der Waals surface area contributed by atoms with Gasteiger partial charge in [-0.05, 0) is 26.2 Å². The number of hydrogen-bond acceptors (Lipinski definition) is 2. The predicted octanol–water partition coefficient (Wildman–Crippen LogP) is 1.04. The first-order valence-electron chi connectivity index (χ1n) is 5.00. The smallest absolute Gasteiger partial charge is 0.306 e. The average Bonchev–Trinajstić information content (AvgIpc) is 2.43. The number of urea groups is 1. The number of imide groups is 1. The topological polar surface area (TPSA) is 49.4 Å². The molecule has 0 aromatic carbocycles. The number of allylic oxidation sites excluding steroid dienone is 1. The minimum absolute atomic E-state index is 0.102. The van der Waals surface area contributed by atoms with Crippen molar-refractivity contribution in [2.75, 3.05) is 0 Å². The van der Waals surface area contributed by atoms with E-state index in [0.717, 1.165) is 19.3 Å². The molecule has 14 heavy (non-hydrogen) atoms. The monoisotopic (exact) mass is 194 g/mol.